The molecule has 0 unspecified atom stereocenters. The maximum Gasteiger partial charge on any atom is 0.336 e. The fourth-order valence-corrected chi connectivity index (χ4v) is 5.50. The lowest BCUT2D eigenvalue weighted by Crippen LogP contribution is -2.43. The number of aromatic amines is 1. The van der Waals surface area contributed by atoms with Crippen LogP contribution in [0, 0.1) is 0 Å². The first-order valence-corrected chi connectivity index (χ1v) is 14.1. The van der Waals surface area contributed by atoms with E-state index >= 15 is 0 Å². The van der Waals surface area contributed by atoms with E-state index in [4.69, 9.17) is 21.3 Å². The van der Waals surface area contributed by atoms with E-state index in [2.05, 4.69) is 15.2 Å². The zero-order chi connectivity index (χ0) is 29.1. The van der Waals surface area contributed by atoms with Crippen molar-refractivity contribution in [3.63, 3.8) is 0 Å². The molecule has 0 radical (unpaired) electrons. The molecule has 8 nitrogen and oxygen atoms in total. The number of carboxylic acids is 1. The molecule has 6 rings (SSSR count). The molecule has 1 amide bonds. The first kappa shape index (κ1) is 27.7. The van der Waals surface area contributed by atoms with Crippen molar-refractivity contribution in [2.24, 2.45) is 0 Å². The lowest BCUT2D eigenvalue weighted by atomic mass is 9.93. The summed E-state index contributed by atoms with van der Waals surface area (Å²) in [5.41, 5.74) is 4.61. The minimum atomic E-state index is -1.15. The predicted molar refractivity (Wildman–Crippen MR) is 163 cm³/mol. The maximum atomic E-state index is 13.6. The van der Waals surface area contributed by atoms with Gasteiger partial charge >= 0.3 is 5.97 Å². The quantitative estimate of drug-likeness (QED) is 0.206. The van der Waals surface area contributed by atoms with E-state index in [0.717, 1.165) is 29.7 Å². The number of morpholine rings is 1. The van der Waals surface area contributed by atoms with Gasteiger partial charge in [0.05, 0.1) is 35.9 Å². The van der Waals surface area contributed by atoms with E-state index in [-0.39, 0.29) is 23.1 Å². The average Bonchev–Trinajstić information content (AvgIpc) is 3.45. The molecule has 0 spiro atoms. The van der Waals surface area contributed by atoms with Gasteiger partial charge in [-0.3, -0.25) is 9.69 Å². The number of H-pyrrole nitrogens is 1. The molecule has 0 saturated carbocycles. The number of ether oxygens (including phenoxy) is 1. The molecule has 1 saturated heterocycles. The van der Waals surface area contributed by atoms with Crippen LogP contribution in [0.5, 0.6) is 0 Å². The SMILES string of the molecule is O=C(N[C@H](CN1CCOCC1)c1ccccc1)c1ccc(-c2cc(Cl)ccc2-c2nc3ccccc3[nH]2)c(C(=O)O)c1. The second-order valence-corrected chi connectivity index (χ2v) is 10.6. The van der Waals surface area contributed by atoms with Gasteiger partial charge in [-0.2, -0.15) is 0 Å². The molecule has 0 bridgehead atoms. The molecule has 9 heteroatoms. The number of carbonyl (C=O) groups is 2. The number of imidazole rings is 1. The van der Waals surface area contributed by atoms with Gasteiger partial charge in [0.2, 0.25) is 0 Å². The van der Waals surface area contributed by atoms with Gasteiger partial charge in [0.25, 0.3) is 5.91 Å². The molecule has 1 aliphatic heterocycles. The fourth-order valence-electron chi connectivity index (χ4n) is 5.33. The minimum absolute atomic E-state index is 0.00767. The van der Waals surface area contributed by atoms with Crippen LogP contribution in [-0.4, -0.2) is 64.7 Å². The Hall–Kier alpha value is -4.50. The molecule has 1 fully saturated rings. The van der Waals surface area contributed by atoms with Crippen LogP contribution >= 0.6 is 11.6 Å². The Labute approximate surface area is 247 Å². The zero-order valence-electron chi connectivity index (χ0n) is 22.7. The summed E-state index contributed by atoms with van der Waals surface area (Å²) in [7, 11) is 0. The number of aromatic nitrogens is 2. The van der Waals surface area contributed by atoms with Gasteiger partial charge in [-0.1, -0.05) is 60.1 Å². The smallest absolute Gasteiger partial charge is 0.336 e. The fraction of sp³-hybridized carbons (Fsp3) is 0.182. The molecule has 5 aromatic rings. The summed E-state index contributed by atoms with van der Waals surface area (Å²) in [5.74, 6) is -0.910. The minimum Gasteiger partial charge on any atom is -0.478 e. The van der Waals surface area contributed by atoms with Gasteiger partial charge < -0.3 is 20.1 Å². The van der Waals surface area contributed by atoms with E-state index in [0.29, 0.717) is 47.3 Å². The van der Waals surface area contributed by atoms with Gasteiger partial charge in [-0.25, -0.2) is 9.78 Å². The highest BCUT2D eigenvalue weighted by Crippen LogP contribution is 2.36. The molecule has 212 valence electrons. The topological polar surface area (TPSA) is 108 Å². The highest BCUT2D eigenvalue weighted by molar-refractivity contribution is 6.31. The number of halogens is 1. The Balaban J connectivity index is 1.34. The van der Waals surface area contributed by atoms with Crippen molar-refractivity contribution in [2.45, 2.75) is 6.04 Å². The number of amides is 1. The highest BCUT2D eigenvalue weighted by Gasteiger charge is 2.23. The van der Waals surface area contributed by atoms with Crippen LogP contribution in [0.4, 0.5) is 0 Å². The van der Waals surface area contributed by atoms with E-state index in [1.165, 1.54) is 6.07 Å². The van der Waals surface area contributed by atoms with Crippen LogP contribution in [-0.2, 0) is 4.74 Å². The second kappa shape index (κ2) is 12.2. The Morgan fingerprint density at radius 3 is 2.43 bits per heavy atom. The van der Waals surface area contributed by atoms with Crippen molar-refractivity contribution in [1.82, 2.24) is 20.2 Å². The van der Waals surface area contributed by atoms with Gasteiger partial charge in [0.1, 0.15) is 5.82 Å². The normalized spacial score (nSPS) is 14.5. The van der Waals surface area contributed by atoms with Gasteiger partial charge in [-0.15, -0.1) is 0 Å². The van der Waals surface area contributed by atoms with E-state index in [1.807, 2.05) is 60.7 Å². The molecular weight excluding hydrogens is 552 g/mol. The first-order chi connectivity index (χ1) is 20.5. The number of benzene rings is 4. The van der Waals surface area contributed by atoms with Crippen LogP contribution in [0.3, 0.4) is 0 Å². The molecule has 4 aromatic carbocycles. The lowest BCUT2D eigenvalue weighted by molar-refractivity contribution is 0.0332. The summed E-state index contributed by atoms with van der Waals surface area (Å²) in [4.78, 5) is 36.4. The molecule has 2 heterocycles. The number of carbonyl (C=O) groups excluding carboxylic acids is 1. The van der Waals surface area contributed by atoms with E-state index < -0.39 is 5.97 Å². The van der Waals surface area contributed by atoms with Crippen LogP contribution in [0.25, 0.3) is 33.5 Å². The van der Waals surface area contributed by atoms with Crippen LogP contribution in [0.15, 0.2) is 91.0 Å². The molecule has 1 aromatic heterocycles. The largest absolute Gasteiger partial charge is 0.478 e. The number of carboxylic acid groups (broad SMARTS) is 1. The number of hydrogen-bond acceptors (Lipinski definition) is 5. The number of aromatic carboxylic acids is 1. The highest BCUT2D eigenvalue weighted by atomic mass is 35.5. The Morgan fingerprint density at radius 1 is 0.929 bits per heavy atom. The van der Waals surface area contributed by atoms with Crippen molar-refractivity contribution in [3.05, 3.63) is 113 Å². The zero-order valence-corrected chi connectivity index (χ0v) is 23.5. The predicted octanol–water partition coefficient (Wildman–Crippen LogP) is 6.05. The first-order valence-electron chi connectivity index (χ1n) is 13.7. The summed E-state index contributed by atoms with van der Waals surface area (Å²) in [6.45, 7) is 3.48. The van der Waals surface area contributed by atoms with Crippen molar-refractivity contribution < 1.29 is 19.4 Å². The van der Waals surface area contributed by atoms with Crippen molar-refractivity contribution >= 4 is 34.5 Å². The van der Waals surface area contributed by atoms with Gasteiger partial charge in [0, 0.05) is 35.8 Å². The molecule has 3 N–H and O–H groups in total. The second-order valence-electron chi connectivity index (χ2n) is 10.2. The third-order valence-electron chi connectivity index (χ3n) is 7.48. The molecular formula is C33H29ClN4O4. The Morgan fingerprint density at radius 2 is 1.67 bits per heavy atom. The summed E-state index contributed by atoms with van der Waals surface area (Å²) in [5, 5.41) is 13.8. The third-order valence-corrected chi connectivity index (χ3v) is 7.72. The lowest BCUT2D eigenvalue weighted by Gasteiger charge is -2.31. The monoisotopic (exact) mass is 580 g/mol. The van der Waals surface area contributed by atoms with Crippen molar-refractivity contribution in [2.75, 3.05) is 32.8 Å². The van der Waals surface area contributed by atoms with E-state index in [1.54, 1.807) is 24.3 Å². The number of hydrogen-bond donors (Lipinski definition) is 3. The Kier molecular flexibility index (Phi) is 8.01. The number of rotatable bonds is 8. The maximum absolute atomic E-state index is 13.6. The number of nitrogens with one attached hydrogen (secondary N) is 2. The average molecular weight is 581 g/mol. The van der Waals surface area contributed by atoms with Crippen LogP contribution in [0.2, 0.25) is 5.02 Å². The van der Waals surface area contributed by atoms with Crippen LogP contribution in [0.1, 0.15) is 32.3 Å². The summed E-state index contributed by atoms with van der Waals surface area (Å²) < 4.78 is 5.48. The van der Waals surface area contributed by atoms with Crippen molar-refractivity contribution in [3.8, 4) is 22.5 Å². The van der Waals surface area contributed by atoms with Crippen LogP contribution < -0.4 is 5.32 Å². The molecule has 1 atom stereocenters. The molecule has 0 aliphatic carbocycles. The Bertz CT molecular complexity index is 1720. The standard InChI is InChI=1S/C33H29ClN4O4/c34-23-11-13-25(31-35-28-8-4-5-9-29(28)36-31)26(19-23)24-12-10-22(18-27(24)33(40)41)32(39)37-30(21-6-2-1-3-7-21)20-38-14-16-42-17-15-38/h1-13,18-19,30H,14-17,20H2,(H,35,36)(H,37,39)(H,40,41)/t30-/m1/s1. The van der Waals surface area contributed by atoms with Gasteiger partial charge in [-0.05, 0) is 59.2 Å². The van der Waals surface area contributed by atoms with Gasteiger partial charge in [0.15, 0.2) is 0 Å². The molecule has 1 aliphatic rings. The summed E-state index contributed by atoms with van der Waals surface area (Å²) in [6.07, 6.45) is 0. The van der Waals surface area contributed by atoms with E-state index in [9.17, 15) is 14.7 Å². The number of para-hydroxylation sites is 2. The molecule has 42 heavy (non-hydrogen) atoms. The number of nitrogens with zero attached hydrogens (tertiary/aromatic N) is 2. The summed E-state index contributed by atoms with van der Waals surface area (Å²) >= 11 is 6.39. The third kappa shape index (κ3) is 5.92. The summed E-state index contributed by atoms with van der Waals surface area (Å²) in [6, 6.07) is 27.2. The van der Waals surface area contributed by atoms with Crippen molar-refractivity contribution in [1.29, 1.82) is 0 Å². The number of fused-ring (bicyclic) bond motifs is 1.